The van der Waals surface area contributed by atoms with Crippen molar-refractivity contribution in [2.24, 2.45) is 0 Å². The Labute approximate surface area is 121 Å². The third kappa shape index (κ3) is 3.81. The summed E-state index contributed by atoms with van der Waals surface area (Å²) in [6.45, 7) is 9.62. The molecule has 2 N–H and O–H groups in total. The van der Waals surface area contributed by atoms with Gasteiger partial charge in [0.2, 0.25) is 5.91 Å². The van der Waals surface area contributed by atoms with Crippen molar-refractivity contribution in [3.05, 3.63) is 35.4 Å². The van der Waals surface area contributed by atoms with Crippen LogP contribution in [0.1, 0.15) is 31.0 Å². The predicted octanol–water partition coefficient (Wildman–Crippen LogP) is 1.47. The molecule has 0 radical (unpaired) electrons. The van der Waals surface area contributed by atoms with Crippen LogP contribution in [0.4, 0.5) is 0 Å². The Morgan fingerprint density at radius 3 is 2.95 bits per heavy atom. The molecule has 0 aromatic heterocycles. The first-order valence-corrected chi connectivity index (χ1v) is 7.37. The highest BCUT2D eigenvalue weighted by Crippen LogP contribution is 2.16. The number of nitrogens with one attached hydrogen (secondary N) is 2. The fourth-order valence-corrected chi connectivity index (χ4v) is 2.74. The molecular formula is C16H25N3O. The van der Waals surface area contributed by atoms with Crippen molar-refractivity contribution >= 4 is 5.91 Å². The molecule has 2 rings (SSSR count). The zero-order valence-electron chi connectivity index (χ0n) is 12.6. The highest BCUT2D eigenvalue weighted by Gasteiger charge is 2.21. The van der Waals surface area contributed by atoms with Crippen molar-refractivity contribution in [3.63, 3.8) is 0 Å². The Morgan fingerprint density at radius 1 is 1.50 bits per heavy atom. The van der Waals surface area contributed by atoms with E-state index in [0.29, 0.717) is 12.6 Å². The molecule has 1 saturated heterocycles. The zero-order valence-corrected chi connectivity index (χ0v) is 12.6. The van der Waals surface area contributed by atoms with E-state index in [2.05, 4.69) is 41.5 Å². The highest BCUT2D eigenvalue weighted by molar-refractivity contribution is 5.78. The lowest BCUT2D eigenvalue weighted by Gasteiger charge is -2.33. The van der Waals surface area contributed by atoms with Crippen molar-refractivity contribution in [2.45, 2.75) is 32.9 Å². The number of hydrogen-bond acceptors (Lipinski definition) is 3. The maximum Gasteiger partial charge on any atom is 0.234 e. The molecule has 0 saturated carbocycles. The molecule has 110 valence electrons. The van der Waals surface area contributed by atoms with Crippen molar-refractivity contribution in [1.29, 1.82) is 0 Å². The van der Waals surface area contributed by atoms with Crippen LogP contribution in [0.3, 0.4) is 0 Å². The molecular weight excluding hydrogens is 250 g/mol. The second-order valence-corrected chi connectivity index (χ2v) is 5.67. The van der Waals surface area contributed by atoms with Crippen molar-refractivity contribution in [3.8, 4) is 0 Å². The number of carbonyl (C=O) groups excluding carboxylic acids is 1. The number of amides is 1. The van der Waals surface area contributed by atoms with Crippen LogP contribution in [0.25, 0.3) is 0 Å². The van der Waals surface area contributed by atoms with Crippen LogP contribution in [0, 0.1) is 6.92 Å². The second-order valence-electron chi connectivity index (χ2n) is 5.67. The lowest BCUT2D eigenvalue weighted by atomic mass is 10.0. The Morgan fingerprint density at radius 2 is 2.25 bits per heavy atom. The van der Waals surface area contributed by atoms with Gasteiger partial charge in [-0.15, -0.1) is 0 Å². The van der Waals surface area contributed by atoms with E-state index < -0.39 is 0 Å². The van der Waals surface area contributed by atoms with E-state index in [1.807, 2.05) is 19.1 Å². The van der Waals surface area contributed by atoms with Gasteiger partial charge in [0.15, 0.2) is 0 Å². The average Bonchev–Trinajstić information content (AvgIpc) is 2.41. The van der Waals surface area contributed by atoms with E-state index in [-0.39, 0.29) is 11.9 Å². The lowest BCUT2D eigenvalue weighted by Crippen LogP contribution is -2.52. The van der Waals surface area contributed by atoms with Crippen LogP contribution in [-0.4, -0.2) is 43.0 Å². The van der Waals surface area contributed by atoms with E-state index >= 15 is 0 Å². The van der Waals surface area contributed by atoms with E-state index in [9.17, 15) is 4.79 Å². The summed E-state index contributed by atoms with van der Waals surface area (Å²) in [5.41, 5.74) is 2.41. The monoisotopic (exact) mass is 275 g/mol. The molecule has 1 fully saturated rings. The third-order valence-electron chi connectivity index (χ3n) is 4.02. The smallest absolute Gasteiger partial charge is 0.234 e. The largest absolute Gasteiger partial charge is 0.348 e. The van der Waals surface area contributed by atoms with E-state index in [4.69, 9.17) is 0 Å². The first-order valence-electron chi connectivity index (χ1n) is 7.37. The first kappa shape index (κ1) is 15.0. The molecule has 1 amide bonds. The molecule has 1 unspecified atom stereocenters. The van der Waals surface area contributed by atoms with Crippen LogP contribution < -0.4 is 10.6 Å². The Hall–Kier alpha value is -1.39. The van der Waals surface area contributed by atoms with Gasteiger partial charge in [-0.1, -0.05) is 24.3 Å². The minimum atomic E-state index is 0.0573. The fraction of sp³-hybridized carbons (Fsp3) is 0.562. The molecule has 20 heavy (non-hydrogen) atoms. The Bertz CT molecular complexity index is 461. The summed E-state index contributed by atoms with van der Waals surface area (Å²) in [7, 11) is 0. The van der Waals surface area contributed by atoms with Crippen LogP contribution in [0.2, 0.25) is 0 Å². The summed E-state index contributed by atoms with van der Waals surface area (Å²) < 4.78 is 0. The summed E-state index contributed by atoms with van der Waals surface area (Å²) in [5, 5.41) is 6.44. The molecule has 0 spiro atoms. The zero-order chi connectivity index (χ0) is 14.5. The topological polar surface area (TPSA) is 44.4 Å². The lowest BCUT2D eigenvalue weighted by molar-refractivity contribution is -0.123. The number of carbonyl (C=O) groups is 1. The van der Waals surface area contributed by atoms with E-state index in [1.165, 1.54) is 11.1 Å². The number of benzene rings is 1. The number of piperazine rings is 1. The van der Waals surface area contributed by atoms with Crippen molar-refractivity contribution < 1.29 is 4.79 Å². The summed E-state index contributed by atoms with van der Waals surface area (Å²) in [5.74, 6) is 0.106. The van der Waals surface area contributed by atoms with Crippen molar-refractivity contribution in [1.82, 2.24) is 15.5 Å². The van der Waals surface area contributed by atoms with E-state index in [1.54, 1.807) is 0 Å². The Balaban J connectivity index is 1.89. The summed E-state index contributed by atoms with van der Waals surface area (Å²) >= 11 is 0. The standard InChI is InChI=1S/C16H25N3O/c1-12-6-4-5-7-15(12)14(3)18-16(20)11-19-9-8-17-10-13(19)2/h4-7,13-14,17H,8-11H2,1-3H3,(H,18,20)/t13-,14?/m1/s1. The SMILES string of the molecule is Cc1ccccc1C(C)NC(=O)CN1CCNC[C@H]1C. The Kier molecular flexibility index (Phi) is 5.15. The quantitative estimate of drug-likeness (QED) is 0.874. The van der Waals surface area contributed by atoms with Gasteiger partial charge in [0.05, 0.1) is 12.6 Å². The summed E-state index contributed by atoms with van der Waals surface area (Å²) in [6, 6.07) is 8.67. The van der Waals surface area contributed by atoms with Crippen molar-refractivity contribution in [2.75, 3.05) is 26.2 Å². The van der Waals surface area contributed by atoms with Crippen LogP contribution in [0.15, 0.2) is 24.3 Å². The van der Waals surface area contributed by atoms with Gasteiger partial charge in [0.25, 0.3) is 0 Å². The molecule has 1 aromatic rings. The summed E-state index contributed by atoms with van der Waals surface area (Å²) in [4.78, 5) is 14.4. The molecule has 0 aliphatic carbocycles. The fourth-order valence-electron chi connectivity index (χ4n) is 2.74. The van der Waals surface area contributed by atoms with Crippen LogP contribution in [-0.2, 0) is 4.79 Å². The van der Waals surface area contributed by atoms with Gasteiger partial charge in [-0.2, -0.15) is 0 Å². The van der Waals surface area contributed by atoms with Crippen LogP contribution >= 0.6 is 0 Å². The maximum absolute atomic E-state index is 12.2. The molecule has 0 bridgehead atoms. The minimum Gasteiger partial charge on any atom is -0.348 e. The molecule has 1 aromatic carbocycles. The first-order chi connectivity index (χ1) is 9.58. The summed E-state index contributed by atoms with van der Waals surface area (Å²) in [6.07, 6.45) is 0. The van der Waals surface area contributed by atoms with Gasteiger partial charge in [-0.3, -0.25) is 9.69 Å². The normalized spacial score (nSPS) is 21.4. The van der Waals surface area contributed by atoms with Gasteiger partial charge < -0.3 is 10.6 Å². The maximum atomic E-state index is 12.2. The molecule has 4 nitrogen and oxygen atoms in total. The highest BCUT2D eigenvalue weighted by atomic mass is 16.2. The second kappa shape index (κ2) is 6.86. The van der Waals surface area contributed by atoms with Gasteiger partial charge in [0.1, 0.15) is 0 Å². The number of nitrogens with zero attached hydrogens (tertiary/aromatic N) is 1. The van der Waals surface area contributed by atoms with Gasteiger partial charge in [-0.05, 0) is 31.9 Å². The van der Waals surface area contributed by atoms with Gasteiger partial charge in [-0.25, -0.2) is 0 Å². The molecule has 1 heterocycles. The average molecular weight is 275 g/mol. The number of hydrogen-bond donors (Lipinski definition) is 2. The molecule has 4 heteroatoms. The predicted molar refractivity (Wildman–Crippen MR) is 81.6 cm³/mol. The minimum absolute atomic E-state index is 0.0573. The van der Waals surface area contributed by atoms with E-state index in [0.717, 1.165) is 19.6 Å². The van der Waals surface area contributed by atoms with Crippen LogP contribution in [0.5, 0.6) is 0 Å². The van der Waals surface area contributed by atoms with Gasteiger partial charge in [0, 0.05) is 25.7 Å². The number of rotatable bonds is 4. The van der Waals surface area contributed by atoms with Gasteiger partial charge >= 0.3 is 0 Å². The molecule has 1 aliphatic rings. The molecule has 1 aliphatic heterocycles. The third-order valence-corrected chi connectivity index (χ3v) is 4.02. The molecule has 2 atom stereocenters. The number of aryl methyl sites for hydroxylation is 1.